The van der Waals surface area contributed by atoms with Gasteiger partial charge in [-0.2, -0.15) is 0 Å². The maximum atomic E-state index is 14.3. The van der Waals surface area contributed by atoms with Gasteiger partial charge in [0.25, 0.3) is 0 Å². The first-order valence-electron chi connectivity index (χ1n) is 8.65. The first-order valence-corrected chi connectivity index (χ1v) is 8.65. The van der Waals surface area contributed by atoms with Gasteiger partial charge in [0.05, 0.1) is 5.69 Å². The highest BCUT2D eigenvalue weighted by molar-refractivity contribution is 6.07. The van der Waals surface area contributed by atoms with Crippen molar-refractivity contribution in [1.82, 2.24) is 0 Å². The third-order valence-electron chi connectivity index (χ3n) is 5.03. The summed E-state index contributed by atoms with van der Waals surface area (Å²) in [5, 5.41) is 0. The lowest BCUT2D eigenvalue weighted by atomic mass is 9.77. The number of halogens is 2. The number of hydrogen-bond donors (Lipinski definition) is 0. The zero-order chi connectivity index (χ0) is 18.3. The lowest BCUT2D eigenvalue weighted by Gasteiger charge is -2.38. The van der Waals surface area contributed by atoms with E-state index in [4.69, 9.17) is 0 Å². The van der Waals surface area contributed by atoms with Gasteiger partial charge in [0.2, 0.25) is 5.91 Å². The Morgan fingerprint density at radius 1 is 0.962 bits per heavy atom. The van der Waals surface area contributed by atoms with Crippen LogP contribution in [0.15, 0.2) is 59.8 Å². The van der Waals surface area contributed by atoms with Crippen molar-refractivity contribution >= 4 is 17.4 Å². The minimum absolute atomic E-state index is 0.000114. The van der Waals surface area contributed by atoms with Crippen LogP contribution in [0, 0.1) is 11.6 Å². The van der Waals surface area contributed by atoms with E-state index in [1.807, 2.05) is 30.3 Å². The fourth-order valence-corrected chi connectivity index (χ4v) is 3.91. The lowest BCUT2D eigenvalue weighted by Crippen LogP contribution is -2.41. The molecule has 0 saturated heterocycles. The van der Waals surface area contributed by atoms with Crippen LogP contribution in [-0.4, -0.2) is 11.7 Å². The monoisotopic (exact) mass is 353 g/mol. The number of benzene rings is 2. The first-order chi connectivity index (χ1) is 12.6. The molecule has 0 N–H and O–H groups in total. The average molecular weight is 353 g/mol. The normalized spacial score (nSPS) is 20.4. The average Bonchev–Trinajstić information content (AvgIpc) is 2.63. The number of carbonyl (C=O) groups excluding carboxylic acids is 2. The Morgan fingerprint density at radius 2 is 1.73 bits per heavy atom. The fourth-order valence-electron chi connectivity index (χ4n) is 3.91. The van der Waals surface area contributed by atoms with Crippen LogP contribution in [0.25, 0.3) is 0 Å². The predicted octanol–water partition coefficient (Wildman–Crippen LogP) is 4.49. The number of hydrogen-bond acceptors (Lipinski definition) is 2. The van der Waals surface area contributed by atoms with Gasteiger partial charge in [-0.15, -0.1) is 0 Å². The molecule has 2 aliphatic rings. The molecule has 2 aromatic rings. The van der Waals surface area contributed by atoms with Crippen molar-refractivity contribution in [3.05, 3.63) is 77.0 Å². The molecule has 26 heavy (non-hydrogen) atoms. The van der Waals surface area contributed by atoms with E-state index in [-0.39, 0.29) is 29.7 Å². The van der Waals surface area contributed by atoms with Crippen LogP contribution < -0.4 is 4.90 Å². The van der Waals surface area contributed by atoms with E-state index in [0.29, 0.717) is 30.5 Å². The largest absolute Gasteiger partial charge is 0.294 e. The Bertz CT molecular complexity index is 921. The Kier molecular flexibility index (Phi) is 4.15. The Labute approximate surface area is 149 Å². The van der Waals surface area contributed by atoms with Crippen molar-refractivity contribution in [2.75, 3.05) is 4.90 Å². The van der Waals surface area contributed by atoms with Crippen molar-refractivity contribution in [3.63, 3.8) is 0 Å². The molecule has 0 spiro atoms. The summed E-state index contributed by atoms with van der Waals surface area (Å²) >= 11 is 0. The van der Waals surface area contributed by atoms with Crippen LogP contribution in [0.1, 0.15) is 37.2 Å². The van der Waals surface area contributed by atoms with Crippen molar-refractivity contribution in [3.8, 4) is 0 Å². The highest BCUT2D eigenvalue weighted by atomic mass is 19.1. The summed E-state index contributed by atoms with van der Waals surface area (Å²) < 4.78 is 27.6. The molecule has 3 nitrogen and oxygen atoms in total. The highest BCUT2D eigenvalue weighted by Crippen LogP contribution is 2.43. The molecule has 1 heterocycles. The topological polar surface area (TPSA) is 37.4 Å². The molecule has 5 heteroatoms. The number of amides is 1. The van der Waals surface area contributed by atoms with Crippen LogP contribution in [0.3, 0.4) is 0 Å². The minimum atomic E-state index is -0.804. The van der Waals surface area contributed by atoms with Gasteiger partial charge in [0.15, 0.2) is 5.78 Å². The number of rotatable bonds is 2. The van der Waals surface area contributed by atoms with E-state index in [1.165, 1.54) is 11.0 Å². The quantitative estimate of drug-likeness (QED) is 0.798. The van der Waals surface area contributed by atoms with E-state index in [9.17, 15) is 18.4 Å². The highest BCUT2D eigenvalue weighted by Gasteiger charge is 2.40. The maximum Gasteiger partial charge on any atom is 0.232 e. The molecule has 0 aromatic heterocycles. The number of carbonyl (C=O) groups is 2. The Balaban J connectivity index is 1.88. The Morgan fingerprint density at radius 3 is 2.46 bits per heavy atom. The van der Waals surface area contributed by atoms with Crippen molar-refractivity contribution in [2.24, 2.45) is 0 Å². The van der Waals surface area contributed by atoms with Gasteiger partial charge in [-0.05, 0) is 30.5 Å². The zero-order valence-corrected chi connectivity index (χ0v) is 14.0. The van der Waals surface area contributed by atoms with Gasteiger partial charge in [-0.25, -0.2) is 8.78 Å². The molecular weight excluding hydrogens is 336 g/mol. The van der Waals surface area contributed by atoms with Gasteiger partial charge in [-0.3, -0.25) is 14.5 Å². The molecule has 0 fully saturated rings. The summed E-state index contributed by atoms with van der Waals surface area (Å²) in [5.41, 5.74) is 2.05. The summed E-state index contributed by atoms with van der Waals surface area (Å²) in [6.45, 7) is 0. The molecule has 1 aliphatic carbocycles. The number of Topliss-reactive ketones (excluding diaryl/α,β-unsaturated/α-hetero) is 1. The Hall–Kier alpha value is -2.82. The molecular formula is C21H17F2NO2. The van der Waals surface area contributed by atoms with E-state index >= 15 is 0 Å². The predicted molar refractivity (Wildman–Crippen MR) is 93.5 cm³/mol. The minimum Gasteiger partial charge on any atom is -0.294 e. The summed E-state index contributed by atoms with van der Waals surface area (Å²) in [4.78, 5) is 26.9. The number of nitrogens with zero attached hydrogens (tertiary/aromatic N) is 1. The molecule has 0 radical (unpaired) electrons. The fraction of sp³-hybridized carbons (Fsp3) is 0.238. The van der Waals surface area contributed by atoms with Crippen LogP contribution in [0.4, 0.5) is 14.5 Å². The molecule has 1 amide bonds. The molecule has 0 unspecified atom stereocenters. The van der Waals surface area contributed by atoms with Gasteiger partial charge in [0, 0.05) is 36.1 Å². The van der Waals surface area contributed by atoms with E-state index in [2.05, 4.69) is 0 Å². The summed E-state index contributed by atoms with van der Waals surface area (Å²) in [7, 11) is 0. The first kappa shape index (κ1) is 16.6. The third-order valence-corrected chi connectivity index (χ3v) is 5.03. The van der Waals surface area contributed by atoms with Crippen molar-refractivity contribution in [1.29, 1.82) is 0 Å². The molecule has 1 atom stereocenters. The molecule has 132 valence electrons. The molecule has 1 aliphatic heterocycles. The van der Waals surface area contributed by atoms with Crippen LogP contribution in [0.5, 0.6) is 0 Å². The molecule has 2 aromatic carbocycles. The molecule has 0 saturated carbocycles. The van der Waals surface area contributed by atoms with Gasteiger partial charge in [0.1, 0.15) is 11.6 Å². The number of ketones is 1. The SMILES string of the molecule is O=C1CCCC2=C1[C@@H](c1ccccc1)CC(=O)N2c1ccc(F)cc1F. The standard InChI is InChI=1S/C21H17F2NO2/c22-14-9-10-17(16(23)11-14)24-18-7-4-8-19(25)21(18)15(12-20(24)26)13-5-2-1-3-6-13/h1-3,5-6,9-11,15H,4,7-8,12H2/t15-/m1/s1. The number of allylic oxidation sites excluding steroid dienone is 2. The molecule has 4 rings (SSSR count). The van der Waals surface area contributed by atoms with Gasteiger partial charge in [-0.1, -0.05) is 30.3 Å². The van der Waals surface area contributed by atoms with E-state index in [0.717, 1.165) is 17.7 Å². The third kappa shape index (κ3) is 2.73. The summed E-state index contributed by atoms with van der Waals surface area (Å²) in [6.07, 6.45) is 1.65. The summed E-state index contributed by atoms with van der Waals surface area (Å²) in [6, 6.07) is 12.6. The lowest BCUT2D eigenvalue weighted by molar-refractivity contribution is -0.120. The molecule has 0 bridgehead atoms. The van der Waals surface area contributed by atoms with Gasteiger partial charge >= 0.3 is 0 Å². The second kappa shape index (κ2) is 6.48. The van der Waals surface area contributed by atoms with Crippen LogP contribution in [0.2, 0.25) is 0 Å². The maximum absolute atomic E-state index is 14.3. The second-order valence-electron chi connectivity index (χ2n) is 6.63. The zero-order valence-electron chi connectivity index (χ0n) is 14.0. The second-order valence-corrected chi connectivity index (χ2v) is 6.63. The summed E-state index contributed by atoms with van der Waals surface area (Å²) in [5.74, 6) is -2.10. The van der Waals surface area contributed by atoms with Crippen molar-refractivity contribution in [2.45, 2.75) is 31.6 Å². The van der Waals surface area contributed by atoms with Crippen LogP contribution >= 0.6 is 0 Å². The van der Waals surface area contributed by atoms with Crippen LogP contribution in [-0.2, 0) is 9.59 Å². The van der Waals surface area contributed by atoms with Crippen molar-refractivity contribution < 1.29 is 18.4 Å². The van der Waals surface area contributed by atoms with E-state index < -0.39 is 11.6 Å². The number of anilines is 1. The smallest absolute Gasteiger partial charge is 0.232 e. The van der Waals surface area contributed by atoms with E-state index in [1.54, 1.807) is 0 Å². The van der Waals surface area contributed by atoms with Gasteiger partial charge < -0.3 is 0 Å².